The van der Waals surface area contributed by atoms with Crippen molar-refractivity contribution in [3.63, 3.8) is 0 Å². The van der Waals surface area contributed by atoms with Crippen LogP contribution in [0.15, 0.2) is 0 Å². The van der Waals surface area contributed by atoms with E-state index in [1.807, 2.05) is 13.8 Å². The highest BCUT2D eigenvalue weighted by Crippen LogP contribution is 1.97. The lowest BCUT2D eigenvalue weighted by Gasteiger charge is -2.26. The third-order valence-corrected chi connectivity index (χ3v) is 2.19. The molecular formula is C10H20N2O2. The summed E-state index contributed by atoms with van der Waals surface area (Å²) in [7, 11) is 0. The Morgan fingerprint density at radius 2 is 2.36 bits per heavy atom. The number of nitrogens with one attached hydrogen (secondary N) is 1. The second kappa shape index (κ2) is 5.98. The van der Waals surface area contributed by atoms with Crippen LogP contribution in [0, 0.1) is 0 Å². The fourth-order valence-electron chi connectivity index (χ4n) is 1.49. The molecule has 0 aromatic carbocycles. The van der Waals surface area contributed by atoms with E-state index in [2.05, 4.69) is 10.2 Å². The average Bonchev–Trinajstić information content (AvgIpc) is 2.12. The number of carbonyl (C=O) groups is 1. The number of piperazine rings is 1. The van der Waals surface area contributed by atoms with Gasteiger partial charge in [0.05, 0.1) is 12.6 Å². The maximum atomic E-state index is 11.0. The second-order valence-corrected chi connectivity index (χ2v) is 3.90. The zero-order chi connectivity index (χ0) is 10.4. The van der Waals surface area contributed by atoms with Gasteiger partial charge in [-0.25, -0.2) is 0 Å². The number of ether oxygens (including phenoxy) is 1. The lowest BCUT2D eigenvalue weighted by Crippen LogP contribution is -2.47. The normalized spacial score (nSPS) is 18.6. The summed E-state index contributed by atoms with van der Waals surface area (Å²) in [6.45, 7) is 8.11. The molecule has 4 nitrogen and oxygen atoms in total. The lowest BCUT2D eigenvalue weighted by atomic mass is 10.3. The Bertz CT molecular complexity index is 183. The van der Waals surface area contributed by atoms with Crippen molar-refractivity contribution >= 4 is 5.91 Å². The molecule has 0 bridgehead atoms. The molecule has 82 valence electrons. The van der Waals surface area contributed by atoms with Gasteiger partial charge >= 0.3 is 0 Å². The van der Waals surface area contributed by atoms with Crippen molar-refractivity contribution in [2.75, 3.05) is 32.8 Å². The molecule has 0 atom stereocenters. The van der Waals surface area contributed by atoms with Crippen LogP contribution in [0.2, 0.25) is 0 Å². The van der Waals surface area contributed by atoms with Gasteiger partial charge in [0, 0.05) is 26.2 Å². The number of hydrogen-bond donors (Lipinski definition) is 1. The van der Waals surface area contributed by atoms with E-state index in [4.69, 9.17) is 4.74 Å². The van der Waals surface area contributed by atoms with Crippen LogP contribution < -0.4 is 5.32 Å². The van der Waals surface area contributed by atoms with E-state index >= 15 is 0 Å². The highest BCUT2D eigenvalue weighted by Gasteiger charge is 2.14. The van der Waals surface area contributed by atoms with Crippen LogP contribution in [0.3, 0.4) is 0 Å². The third-order valence-electron chi connectivity index (χ3n) is 2.19. The number of nitrogens with zero attached hydrogens (tertiary/aromatic N) is 1. The van der Waals surface area contributed by atoms with Gasteiger partial charge in [0.15, 0.2) is 0 Å². The molecule has 0 saturated carbocycles. The van der Waals surface area contributed by atoms with Gasteiger partial charge in [0.1, 0.15) is 0 Å². The van der Waals surface area contributed by atoms with E-state index in [1.165, 1.54) is 0 Å². The minimum absolute atomic E-state index is 0.140. The van der Waals surface area contributed by atoms with Crippen molar-refractivity contribution < 1.29 is 9.53 Å². The smallest absolute Gasteiger partial charge is 0.234 e. The maximum Gasteiger partial charge on any atom is 0.234 e. The molecule has 14 heavy (non-hydrogen) atoms. The monoisotopic (exact) mass is 200 g/mol. The van der Waals surface area contributed by atoms with Gasteiger partial charge in [0.25, 0.3) is 0 Å². The van der Waals surface area contributed by atoms with E-state index < -0.39 is 0 Å². The first-order chi connectivity index (χ1) is 6.68. The van der Waals surface area contributed by atoms with Crippen LogP contribution in [0.4, 0.5) is 0 Å². The van der Waals surface area contributed by atoms with Gasteiger partial charge in [-0.15, -0.1) is 0 Å². The van der Waals surface area contributed by atoms with E-state index in [9.17, 15) is 4.79 Å². The van der Waals surface area contributed by atoms with Crippen LogP contribution in [0.5, 0.6) is 0 Å². The molecule has 4 heteroatoms. The van der Waals surface area contributed by atoms with E-state index in [-0.39, 0.29) is 5.91 Å². The fraction of sp³-hybridized carbons (Fsp3) is 0.900. The molecule has 0 aromatic heterocycles. The zero-order valence-corrected chi connectivity index (χ0v) is 9.08. The summed E-state index contributed by atoms with van der Waals surface area (Å²) >= 11 is 0. The largest absolute Gasteiger partial charge is 0.379 e. The standard InChI is InChI=1S/C10H20N2O2/c1-9(2)14-7-3-5-12-6-4-11-10(13)8-12/h9H,3-8H2,1-2H3,(H,11,13). The Labute approximate surface area is 85.6 Å². The molecule has 1 rings (SSSR count). The average molecular weight is 200 g/mol. The quantitative estimate of drug-likeness (QED) is 0.646. The number of hydrogen-bond acceptors (Lipinski definition) is 3. The first kappa shape index (κ1) is 11.5. The Balaban J connectivity index is 2.03. The first-order valence-corrected chi connectivity index (χ1v) is 5.29. The van der Waals surface area contributed by atoms with Gasteiger partial charge in [-0.1, -0.05) is 0 Å². The molecule has 1 saturated heterocycles. The van der Waals surface area contributed by atoms with Crippen molar-refractivity contribution in [2.24, 2.45) is 0 Å². The Hall–Kier alpha value is -0.610. The predicted molar refractivity (Wildman–Crippen MR) is 55.2 cm³/mol. The van der Waals surface area contributed by atoms with Crippen molar-refractivity contribution in [1.82, 2.24) is 10.2 Å². The minimum atomic E-state index is 0.140. The van der Waals surface area contributed by atoms with Gasteiger partial charge in [-0.05, 0) is 20.3 Å². The molecule has 0 aliphatic carbocycles. The van der Waals surface area contributed by atoms with E-state index in [0.29, 0.717) is 12.6 Å². The highest BCUT2D eigenvalue weighted by molar-refractivity contribution is 5.78. The molecule has 1 amide bonds. The highest BCUT2D eigenvalue weighted by atomic mass is 16.5. The van der Waals surface area contributed by atoms with E-state index in [0.717, 1.165) is 32.7 Å². The van der Waals surface area contributed by atoms with Crippen LogP contribution >= 0.6 is 0 Å². The number of rotatable bonds is 5. The van der Waals surface area contributed by atoms with Crippen LogP contribution in [0.1, 0.15) is 20.3 Å². The van der Waals surface area contributed by atoms with Gasteiger partial charge in [-0.3, -0.25) is 9.69 Å². The molecule has 0 radical (unpaired) electrons. The molecular weight excluding hydrogens is 180 g/mol. The van der Waals surface area contributed by atoms with Crippen LogP contribution in [-0.2, 0) is 9.53 Å². The van der Waals surface area contributed by atoms with Crippen molar-refractivity contribution in [1.29, 1.82) is 0 Å². The van der Waals surface area contributed by atoms with Crippen molar-refractivity contribution in [3.05, 3.63) is 0 Å². The topological polar surface area (TPSA) is 41.6 Å². The molecule has 0 unspecified atom stereocenters. The van der Waals surface area contributed by atoms with Crippen molar-refractivity contribution in [2.45, 2.75) is 26.4 Å². The van der Waals surface area contributed by atoms with Crippen LogP contribution in [0.25, 0.3) is 0 Å². The third kappa shape index (κ3) is 4.58. The summed E-state index contributed by atoms with van der Waals surface area (Å²) in [5.41, 5.74) is 0. The summed E-state index contributed by atoms with van der Waals surface area (Å²) in [4.78, 5) is 13.2. The number of carbonyl (C=O) groups excluding carboxylic acids is 1. The Morgan fingerprint density at radius 1 is 1.57 bits per heavy atom. The molecule has 1 fully saturated rings. The summed E-state index contributed by atoms with van der Waals surface area (Å²) in [5.74, 6) is 0.140. The first-order valence-electron chi connectivity index (χ1n) is 5.29. The summed E-state index contributed by atoms with van der Waals surface area (Å²) in [6.07, 6.45) is 1.31. The summed E-state index contributed by atoms with van der Waals surface area (Å²) in [6, 6.07) is 0. The summed E-state index contributed by atoms with van der Waals surface area (Å²) < 4.78 is 5.43. The van der Waals surface area contributed by atoms with Gasteiger partial charge < -0.3 is 10.1 Å². The van der Waals surface area contributed by atoms with Crippen LogP contribution in [-0.4, -0.2) is 49.7 Å². The SMILES string of the molecule is CC(C)OCCCN1CCNC(=O)C1. The number of amides is 1. The molecule has 0 spiro atoms. The second-order valence-electron chi connectivity index (χ2n) is 3.90. The van der Waals surface area contributed by atoms with Gasteiger partial charge in [0.2, 0.25) is 5.91 Å². The minimum Gasteiger partial charge on any atom is -0.379 e. The molecule has 0 aromatic rings. The van der Waals surface area contributed by atoms with E-state index in [1.54, 1.807) is 0 Å². The lowest BCUT2D eigenvalue weighted by molar-refractivity contribution is -0.124. The van der Waals surface area contributed by atoms with Gasteiger partial charge in [-0.2, -0.15) is 0 Å². The Kier molecular flexibility index (Phi) is 4.90. The molecule has 1 aliphatic rings. The predicted octanol–water partition coefficient (Wildman–Crippen LogP) is 0.233. The maximum absolute atomic E-state index is 11.0. The molecule has 1 N–H and O–H groups in total. The molecule has 1 aliphatic heterocycles. The summed E-state index contributed by atoms with van der Waals surface area (Å²) in [5, 5.41) is 2.81. The zero-order valence-electron chi connectivity index (χ0n) is 9.08. The molecule has 1 heterocycles. The Morgan fingerprint density at radius 3 is 3.00 bits per heavy atom. The fourth-order valence-corrected chi connectivity index (χ4v) is 1.49. The van der Waals surface area contributed by atoms with Crippen molar-refractivity contribution in [3.8, 4) is 0 Å².